The van der Waals surface area contributed by atoms with Crippen LogP contribution in [0.3, 0.4) is 0 Å². The Morgan fingerprint density at radius 2 is 2.03 bits per heavy atom. The van der Waals surface area contributed by atoms with Gasteiger partial charge >= 0.3 is 0 Å². The Bertz CT molecular complexity index is 1040. The molecule has 5 rings (SSSR count). The summed E-state index contributed by atoms with van der Waals surface area (Å²) in [6.45, 7) is 0.317. The standard InChI is InChI=1S/C20H23F2N7O/c21-20(22)7-10-27(12-20)15-5-3-14(4-6-15)24-18(30)17-16-2-1-9-29(16)26-19(25-17)28-11-8-23-13-28/h1-2,8-9,11,13-15H,3-7,10,12H2,(H,24,30). The molecular weight excluding hydrogens is 392 g/mol. The van der Waals surface area contributed by atoms with E-state index in [-0.39, 0.29) is 31.0 Å². The monoisotopic (exact) mass is 415 g/mol. The lowest BCUT2D eigenvalue weighted by Crippen LogP contribution is -2.44. The summed E-state index contributed by atoms with van der Waals surface area (Å²) >= 11 is 0. The molecule has 1 saturated carbocycles. The zero-order valence-electron chi connectivity index (χ0n) is 16.4. The minimum absolute atomic E-state index is 0.0125. The van der Waals surface area contributed by atoms with E-state index >= 15 is 0 Å². The second kappa shape index (κ2) is 7.42. The fourth-order valence-corrected chi connectivity index (χ4v) is 4.49. The van der Waals surface area contributed by atoms with Crippen LogP contribution in [0.2, 0.25) is 0 Å². The first-order valence-corrected chi connectivity index (χ1v) is 10.2. The molecule has 1 N–H and O–H groups in total. The van der Waals surface area contributed by atoms with E-state index in [1.54, 1.807) is 40.1 Å². The molecule has 30 heavy (non-hydrogen) atoms. The van der Waals surface area contributed by atoms with Crippen LogP contribution in [0.4, 0.5) is 8.78 Å². The summed E-state index contributed by atoms with van der Waals surface area (Å²) in [5.41, 5.74) is 0.935. The Balaban J connectivity index is 1.27. The number of carbonyl (C=O) groups is 1. The predicted octanol–water partition coefficient (Wildman–Crippen LogP) is 2.30. The number of alkyl halides is 2. The van der Waals surface area contributed by atoms with Crippen molar-refractivity contribution in [3.05, 3.63) is 42.7 Å². The van der Waals surface area contributed by atoms with Gasteiger partial charge in [-0.25, -0.2) is 23.3 Å². The van der Waals surface area contributed by atoms with E-state index in [1.165, 1.54) is 0 Å². The number of likely N-dealkylation sites (tertiary alicyclic amines) is 1. The topological polar surface area (TPSA) is 80.3 Å². The largest absolute Gasteiger partial charge is 0.348 e. The maximum atomic E-state index is 13.5. The zero-order chi connectivity index (χ0) is 20.7. The molecule has 1 amide bonds. The third kappa shape index (κ3) is 3.67. The number of imidazole rings is 1. The fraction of sp³-hybridized carbons (Fsp3) is 0.500. The van der Waals surface area contributed by atoms with Gasteiger partial charge in [0.05, 0.1) is 12.1 Å². The SMILES string of the molecule is O=C(NC1CCC(N2CCC(F)(F)C2)CC1)c1nc(-n2ccnc2)nn2cccc12. The summed E-state index contributed by atoms with van der Waals surface area (Å²) in [6.07, 6.45) is 9.81. The molecule has 8 nitrogen and oxygen atoms in total. The van der Waals surface area contributed by atoms with Crippen molar-refractivity contribution in [2.75, 3.05) is 13.1 Å². The molecule has 3 aromatic heterocycles. The van der Waals surface area contributed by atoms with Gasteiger partial charge in [0.2, 0.25) is 0 Å². The van der Waals surface area contributed by atoms with Gasteiger partial charge in [-0.1, -0.05) is 0 Å². The molecular formula is C20H23F2N7O. The number of nitrogens with one attached hydrogen (secondary N) is 1. The lowest BCUT2D eigenvalue weighted by atomic mass is 9.90. The number of aromatic nitrogens is 5. The van der Waals surface area contributed by atoms with Gasteiger partial charge in [0, 0.05) is 43.6 Å². The van der Waals surface area contributed by atoms with Crippen LogP contribution in [-0.2, 0) is 0 Å². The fourth-order valence-electron chi connectivity index (χ4n) is 4.49. The highest BCUT2D eigenvalue weighted by Gasteiger charge is 2.41. The van der Waals surface area contributed by atoms with Crippen molar-refractivity contribution >= 4 is 11.4 Å². The lowest BCUT2D eigenvalue weighted by molar-refractivity contribution is 0.00504. The first-order valence-electron chi connectivity index (χ1n) is 10.2. The first kappa shape index (κ1) is 19.1. The van der Waals surface area contributed by atoms with Crippen LogP contribution in [0.25, 0.3) is 11.5 Å². The van der Waals surface area contributed by atoms with Crippen molar-refractivity contribution in [3.8, 4) is 5.95 Å². The quantitative estimate of drug-likeness (QED) is 0.707. The highest BCUT2D eigenvalue weighted by Crippen LogP contribution is 2.32. The van der Waals surface area contributed by atoms with Crippen molar-refractivity contribution < 1.29 is 13.6 Å². The van der Waals surface area contributed by atoms with Crippen LogP contribution < -0.4 is 5.32 Å². The number of nitrogens with zero attached hydrogens (tertiary/aromatic N) is 6. The molecule has 0 bridgehead atoms. The number of halogens is 2. The normalized spacial score (nSPS) is 24.3. The Hall–Kier alpha value is -2.88. The molecule has 0 radical (unpaired) electrons. The molecule has 0 unspecified atom stereocenters. The number of hydrogen-bond acceptors (Lipinski definition) is 5. The minimum Gasteiger partial charge on any atom is -0.348 e. The van der Waals surface area contributed by atoms with Crippen LogP contribution >= 0.6 is 0 Å². The predicted molar refractivity (Wildman–Crippen MR) is 105 cm³/mol. The number of hydrogen-bond donors (Lipinski definition) is 1. The second-order valence-electron chi connectivity index (χ2n) is 8.12. The molecule has 158 valence electrons. The molecule has 0 atom stereocenters. The van der Waals surface area contributed by atoms with Gasteiger partial charge < -0.3 is 5.32 Å². The van der Waals surface area contributed by atoms with Crippen molar-refractivity contribution in [1.29, 1.82) is 0 Å². The highest BCUT2D eigenvalue weighted by molar-refractivity contribution is 5.99. The molecule has 4 heterocycles. The molecule has 2 aliphatic rings. The van der Waals surface area contributed by atoms with Gasteiger partial charge in [0.15, 0.2) is 5.69 Å². The van der Waals surface area contributed by atoms with Gasteiger partial charge in [-0.05, 0) is 37.8 Å². The molecule has 0 spiro atoms. The van der Waals surface area contributed by atoms with E-state index < -0.39 is 5.92 Å². The summed E-state index contributed by atoms with van der Waals surface area (Å²) in [4.78, 5) is 23.4. The van der Waals surface area contributed by atoms with Crippen LogP contribution in [0.1, 0.15) is 42.6 Å². The van der Waals surface area contributed by atoms with E-state index in [9.17, 15) is 13.6 Å². The maximum Gasteiger partial charge on any atom is 0.272 e. The molecule has 1 aliphatic carbocycles. The average Bonchev–Trinajstić information content (AvgIpc) is 3.48. The van der Waals surface area contributed by atoms with Crippen molar-refractivity contribution in [2.45, 2.75) is 50.1 Å². The Labute approximate surface area is 171 Å². The zero-order valence-corrected chi connectivity index (χ0v) is 16.4. The Morgan fingerprint density at radius 3 is 2.73 bits per heavy atom. The van der Waals surface area contributed by atoms with Crippen LogP contribution in [-0.4, -0.2) is 66.1 Å². The Kier molecular flexibility index (Phi) is 4.73. The number of amides is 1. The highest BCUT2D eigenvalue weighted by atomic mass is 19.3. The number of carbonyl (C=O) groups excluding carboxylic acids is 1. The maximum absolute atomic E-state index is 13.5. The average molecular weight is 415 g/mol. The lowest BCUT2D eigenvalue weighted by Gasteiger charge is -2.34. The van der Waals surface area contributed by atoms with E-state index in [1.807, 2.05) is 11.0 Å². The number of fused-ring (bicyclic) bond motifs is 1. The number of rotatable bonds is 4. The van der Waals surface area contributed by atoms with E-state index in [2.05, 4.69) is 20.4 Å². The molecule has 1 aliphatic heterocycles. The summed E-state index contributed by atoms with van der Waals surface area (Å²) in [5, 5.41) is 7.50. The van der Waals surface area contributed by atoms with E-state index in [0.29, 0.717) is 23.7 Å². The summed E-state index contributed by atoms with van der Waals surface area (Å²) in [6, 6.07) is 3.81. The van der Waals surface area contributed by atoms with Crippen LogP contribution in [0.15, 0.2) is 37.1 Å². The van der Waals surface area contributed by atoms with Crippen LogP contribution in [0, 0.1) is 0 Å². The minimum atomic E-state index is -2.56. The summed E-state index contributed by atoms with van der Waals surface area (Å²) in [5.74, 6) is -2.45. The molecule has 2 fully saturated rings. The van der Waals surface area contributed by atoms with Crippen molar-refractivity contribution in [3.63, 3.8) is 0 Å². The third-order valence-electron chi connectivity index (χ3n) is 6.08. The van der Waals surface area contributed by atoms with E-state index in [0.717, 1.165) is 25.7 Å². The Morgan fingerprint density at radius 1 is 1.20 bits per heavy atom. The third-order valence-corrected chi connectivity index (χ3v) is 6.08. The molecule has 1 saturated heterocycles. The smallest absolute Gasteiger partial charge is 0.272 e. The second-order valence-corrected chi connectivity index (χ2v) is 8.12. The van der Waals surface area contributed by atoms with Gasteiger partial charge in [-0.15, -0.1) is 5.10 Å². The van der Waals surface area contributed by atoms with Gasteiger partial charge in [-0.2, -0.15) is 0 Å². The van der Waals surface area contributed by atoms with Crippen molar-refractivity contribution in [2.24, 2.45) is 0 Å². The molecule has 10 heteroatoms. The summed E-state index contributed by atoms with van der Waals surface area (Å²) < 4.78 is 30.3. The molecule has 0 aromatic carbocycles. The van der Waals surface area contributed by atoms with Gasteiger partial charge in [0.25, 0.3) is 17.8 Å². The van der Waals surface area contributed by atoms with Crippen LogP contribution in [0.5, 0.6) is 0 Å². The molecule has 3 aromatic rings. The van der Waals surface area contributed by atoms with Gasteiger partial charge in [-0.3, -0.25) is 14.3 Å². The summed E-state index contributed by atoms with van der Waals surface area (Å²) in [7, 11) is 0. The first-order chi connectivity index (χ1) is 14.5. The van der Waals surface area contributed by atoms with E-state index in [4.69, 9.17) is 0 Å². The van der Waals surface area contributed by atoms with Gasteiger partial charge in [0.1, 0.15) is 6.33 Å². The van der Waals surface area contributed by atoms with Crippen molar-refractivity contribution in [1.82, 2.24) is 34.4 Å².